The molecule has 0 aliphatic heterocycles. The van der Waals surface area contributed by atoms with Gasteiger partial charge in [-0.3, -0.25) is 0 Å². The molecular formula is C14H25N3O2S. The first-order valence-electron chi connectivity index (χ1n) is 7.52. The van der Waals surface area contributed by atoms with Gasteiger partial charge in [0, 0.05) is 31.0 Å². The molecule has 6 heteroatoms. The molecular weight excluding hydrogens is 274 g/mol. The normalized spacial score (nSPS) is 15.7. The van der Waals surface area contributed by atoms with E-state index < -0.39 is 10.0 Å². The molecule has 0 saturated heterocycles. The van der Waals surface area contributed by atoms with Crippen molar-refractivity contribution in [3.63, 3.8) is 0 Å². The smallest absolute Gasteiger partial charge is 0.242 e. The third-order valence-electron chi connectivity index (χ3n) is 3.51. The largest absolute Gasteiger partial charge is 0.363 e. The minimum absolute atomic E-state index is 0.334. The quantitative estimate of drug-likeness (QED) is 0.579. The second-order valence-corrected chi connectivity index (χ2v) is 7.24. The number of aromatic amines is 1. The minimum atomic E-state index is -3.36. The predicted molar refractivity (Wildman–Crippen MR) is 80.0 cm³/mol. The third-order valence-corrected chi connectivity index (χ3v) is 4.95. The van der Waals surface area contributed by atoms with Crippen LogP contribution in [0.1, 0.15) is 51.1 Å². The molecule has 0 amide bonds. The van der Waals surface area contributed by atoms with Crippen LogP contribution in [0.5, 0.6) is 0 Å². The maximum atomic E-state index is 12.1. The zero-order valence-electron chi connectivity index (χ0n) is 12.1. The number of aromatic nitrogens is 1. The lowest BCUT2D eigenvalue weighted by atomic mass is 10.2. The highest BCUT2D eigenvalue weighted by molar-refractivity contribution is 7.89. The molecule has 0 atom stereocenters. The number of hydrogen-bond donors (Lipinski definition) is 3. The SMILES string of the molecule is CCCCCCNS(=O)(=O)c1c[nH]c(CNC2CC2)c1. The second-order valence-electron chi connectivity index (χ2n) is 5.47. The Hall–Kier alpha value is -0.850. The first-order chi connectivity index (χ1) is 9.62. The molecule has 20 heavy (non-hydrogen) atoms. The first-order valence-corrected chi connectivity index (χ1v) is 9.00. The van der Waals surface area contributed by atoms with Gasteiger partial charge in [0.25, 0.3) is 0 Å². The highest BCUT2D eigenvalue weighted by atomic mass is 32.2. The van der Waals surface area contributed by atoms with Gasteiger partial charge in [0.05, 0.1) is 4.90 Å². The Bertz CT molecular complexity index is 506. The zero-order valence-corrected chi connectivity index (χ0v) is 12.9. The van der Waals surface area contributed by atoms with Gasteiger partial charge in [-0.05, 0) is 25.3 Å². The Morgan fingerprint density at radius 2 is 2.10 bits per heavy atom. The van der Waals surface area contributed by atoms with Crippen molar-refractivity contribution in [2.75, 3.05) is 6.54 Å². The van der Waals surface area contributed by atoms with Crippen LogP contribution in [0.3, 0.4) is 0 Å². The van der Waals surface area contributed by atoms with E-state index in [1.807, 2.05) is 0 Å². The van der Waals surface area contributed by atoms with E-state index in [0.29, 0.717) is 24.0 Å². The van der Waals surface area contributed by atoms with Crippen LogP contribution in [0, 0.1) is 0 Å². The lowest BCUT2D eigenvalue weighted by molar-refractivity contribution is 0.573. The molecule has 2 rings (SSSR count). The Morgan fingerprint density at radius 1 is 1.30 bits per heavy atom. The van der Waals surface area contributed by atoms with Gasteiger partial charge in [0.15, 0.2) is 0 Å². The van der Waals surface area contributed by atoms with E-state index >= 15 is 0 Å². The fourth-order valence-corrected chi connectivity index (χ4v) is 3.15. The van der Waals surface area contributed by atoms with Crippen molar-refractivity contribution in [2.24, 2.45) is 0 Å². The van der Waals surface area contributed by atoms with E-state index in [9.17, 15) is 8.42 Å². The van der Waals surface area contributed by atoms with Crippen molar-refractivity contribution in [2.45, 2.75) is 62.9 Å². The van der Waals surface area contributed by atoms with Crippen LogP contribution >= 0.6 is 0 Å². The fraction of sp³-hybridized carbons (Fsp3) is 0.714. The van der Waals surface area contributed by atoms with Gasteiger partial charge in [-0.15, -0.1) is 0 Å². The fourth-order valence-electron chi connectivity index (χ4n) is 2.06. The summed E-state index contributed by atoms with van der Waals surface area (Å²) in [6.45, 7) is 3.36. The van der Waals surface area contributed by atoms with Gasteiger partial charge in [-0.1, -0.05) is 26.2 Å². The number of nitrogens with one attached hydrogen (secondary N) is 3. The van der Waals surface area contributed by atoms with Crippen molar-refractivity contribution in [1.29, 1.82) is 0 Å². The van der Waals surface area contributed by atoms with Crippen molar-refractivity contribution in [1.82, 2.24) is 15.0 Å². The van der Waals surface area contributed by atoms with E-state index in [2.05, 4.69) is 21.9 Å². The molecule has 1 aliphatic carbocycles. The summed E-state index contributed by atoms with van der Waals surface area (Å²) >= 11 is 0. The molecule has 114 valence electrons. The maximum absolute atomic E-state index is 12.1. The van der Waals surface area contributed by atoms with Gasteiger partial charge in [0.2, 0.25) is 10.0 Å². The molecule has 1 aromatic rings. The molecule has 1 saturated carbocycles. The summed E-state index contributed by atoms with van der Waals surface area (Å²) in [6, 6.07) is 2.33. The summed E-state index contributed by atoms with van der Waals surface area (Å²) < 4.78 is 26.8. The van der Waals surface area contributed by atoms with Crippen molar-refractivity contribution >= 4 is 10.0 Å². The van der Waals surface area contributed by atoms with Crippen LogP contribution in [-0.4, -0.2) is 26.0 Å². The lowest BCUT2D eigenvalue weighted by Gasteiger charge is -2.04. The summed E-state index contributed by atoms with van der Waals surface area (Å²) in [7, 11) is -3.36. The van der Waals surface area contributed by atoms with E-state index in [4.69, 9.17) is 0 Å². The first kappa shape index (κ1) is 15.5. The molecule has 0 radical (unpaired) electrons. The Balaban J connectivity index is 1.78. The zero-order chi connectivity index (χ0) is 14.4. The molecule has 0 aromatic carbocycles. The molecule has 0 spiro atoms. The summed E-state index contributed by atoms with van der Waals surface area (Å²) in [4.78, 5) is 3.36. The average molecular weight is 299 g/mol. The number of unbranched alkanes of at least 4 members (excludes halogenated alkanes) is 3. The maximum Gasteiger partial charge on any atom is 0.242 e. The van der Waals surface area contributed by atoms with Crippen LogP contribution < -0.4 is 10.0 Å². The Kier molecular flexibility index (Phi) is 5.63. The molecule has 1 aromatic heterocycles. The standard InChI is InChI=1S/C14H25N3O2S/c1-2-3-4-5-8-17-20(18,19)14-9-13(16-11-14)10-15-12-6-7-12/h9,11-12,15-17H,2-8,10H2,1H3. The molecule has 3 N–H and O–H groups in total. The monoisotopic (exact) mass is 299 g/mol. The van der Waals surface area contributed by atoms with Gasteiger partial charge in [-0.2, -0.15) is 0 Å². The highest BCUT2D eigenvalue weighted by Crippen LogP contribution is 2.19. The van der Waals surface area contributed by atoms with E-state index in [-0.39, 0.29) is 0 Å². The highest BCUT2D eigenvalue weighted by Gasteiger charge is 2.21. The number of H-pyrrole nitrogens is 1. The van der Waals surface area contributed by atoms with Crippen molar-refractivity contribution < 1.29 is 8.42 Å². The molecule has 1 aliphatic rings. The number of sulfonamides is 1. The average Bonchev–Trinajstić information content (AvgIpc) is 3.12. The summed E-state index contributed by atoms with van der Waals surface area (Å²) in [6.07, 6.45) is 8.30. The van der Waals surface area contributed by atoms with Crippen molar-refractivity contribution in [3.05, 3.63) is 18.0 Å². The summed E-state index contributed by atoms with van der Waals surface area (Å²) in [5.41, 5.74) is 0.920. The summed E-state index contributed by atoms with van der Waals surface area (Å²) in [5.74, 6) is 0. The predicted octanol–water partition coefficient (Wildman–Crippen LogP) is 2.13. The van der Waals surface area contributed by atoms with Crippen molar-refractivity contribution in [3.8, 4) is 0 Å². The lowest BCUT2D eigenvalue weighted by Crippen LogP contribution is -2.24. The molecule has 0 bridgehead atoms. The second kappa shape index (κ2) is 7.24. The van der Waals surface area contributed by atoms with Crippen LogP contribution in [0.2, 0.25) is 0 Å². The molecule has 1 heterocycles. The Labute approximate surface area is 121 Å². The molecule has 0 unspecified atom stereocenters. The van der Waals surface area contributed by atoms with Crippen LogP contribution in [-0.2, 0) is 16.6 Å². The van der Waals surface area contributed by atoms with E-state index in [1.54, 1.807) is 12.3 Å². The molecule has 5 nitrogen and oxygen atoms in total. The van der Waals surface area contributed by atoms with E-state index in [1.165, 1.54) is 12.8 Å². The Morgan fingerprint density at radius 3 is 2.80 bits per heavy atom. The van der Waals surface area contributed by atoms with E-state index in [0.717, 1.165) is 31.4 Å². The number of hydrogen-bond acceptors (Lipinski definition) is 3. The summed E-state index contributed by atoms with van der Waals surface area (Å²) in [5, 5.41) is 3.36. The van der Waals surface area contributed by atoms with Crippen LogP contribution in [0.4, 0.5) is 0 Å². The number of rotatable bonds is 10. The van der Waals surface area contributed by atoms with Gasteiger partial charge in [-0.25, -0.2) is 13.1 Å². The topological polar surface area (TPSA) is 74.0 Å². The molecule has 1 fully saturated rings. The minimum Gasteiger partial charge on any atom is -0.363 e. The third kappa shape index (κ3) is 4.92. The van der Waals surface area contributed by atoms with Gasteiger partial charge < -0.3 is 10.3 Å². The van der Waals surface area contributed by atoms with Crippen LogP contribution in [0.15, 0.2) is 17.2 Å². The van der Waals surface area contributed by atoms with Crippen LogP contribution in [0.25, 0.3) is 0 Å². The van der Waals surface area contributed by atoms with Gasteiger partial charge >= 0.3 is 0 Å². The van der Waals surface area contributed by atoms with Gasteiger partial charge in [0.1, 0.15) is 0 Å².